The van der Waals surface area contributed by atoms with Gasteiger partial charge >= 0.3 is 0 Å². The molecule has 19 heavy (non-hydrogen) atoms. The molecule has 1 saturated heterocycles. The number of hydrogen-bond donors (Lipinski definition) is 1. The van der Waals surface area contributed by atoms with Gasteiger partial charge in [0.1, 0.15) is 0 Å². The zero-order valence-electron chi connectivity index (χ0n) is 11.9. The summed E-state index contributed by atoms with van der Waals surface area (Å²) in [6, 6.07) is 12.4. The Labute approximate surface area is 117 Å². The summed E-state index contributed by atoms with van der Waals surface area (Å²) in [5.74, 6) is 0. The van der Waals surface area contributed by atoms with Gasteiger partial charge in [0.15, 0.2) is 0 Å². The molecule has 0 aromatic heterocycles. The number of piperazine rings is 1. The third-order valence-corrected chi connectivity index (χ3v) is 4.70. The van der Waals surface area contributed by atoms with E-state index < -0.39 is 0 Å². The molecule has 0 amide bonds. The van der Waals surface area contributed by atoms with Gasteiger partial charge in [0, 0.05) is 31.7 Å². The molecule has 3 rings (SSSR count). The summed E-state index contributed by atoms with van der Waals surface area (Å²) in [6.07, 6.45) is 8.37. The maximum absolute atomic E-state index is 3.69. The molecule has 2 aliphatic rings. The van der Waals surface area contributed by atoms with Crippen LogP contribution in [-0.2, 0) is 6.42 Å². The van der Waals surface area contributed by atoms with E-state index in [-0.39, 0.29) is 0 Å². The van der Waals surface area contributed by atoms with Crippen molar-refractivity contribution in [1.82, 2.24) is 10.2 Å². The van der Waals surface area contributed by atoms with Crippen LogP contribution in [0.2, 0.25) is 0 Å². The van der Waals surface area contributed by atoms with Crippen molar-refractivity contribution >= 4 is 0 Å². The van der Waals surface area contributed by atoms with E-state index >= 15 is 0 Å². The van der Waals surface area contributed by atoms with Crippen LogP contribution in [-0.4, -0.2) is 36.6 Å². The highest BCUT2D eigenvalue weighted by Crippen LogP contribution is 2.23. The minimum Gasteiger partial charge on any atom is -0.311 e. The maximum atomic E-state index is 3.69. The maximum Gasteiger partial charge on any atom is 0.0236 e. The van der Waals surface area contributed by atoms with Crippen LogP contribution in [0.5, 0.6) is 0 Å². The summed E-state index contributed by atoms with van der Waals surface area (Å²) in [5.41, 5.74) is 1.46. The molecule has 1 aromatic carbocycles. The Morgan fingerprint density at radius 2 is 1.84 bits per heavy atom. The fourth-order valence-electron chi connectivity index (χ4n) is 3.66. The predicted molar refractivity (Wildman–Crippen MR) is 80.4 cm³/mol. The summed E-state index contributed by atoms with van der Waals surface area (Å²) >= 11 is 0. The number of hydrogen-bond acceptors (Lipinski definition) is 2. The molecule has 1 saturated carbocycles. The molecule has 104 valence electrons. The summed E-state index contributed by atoms with van der Waals surface area (Å²) in [4.78, 5) is 2.75. The Morgan fingerprint density at radius 3 is 2.63 bits per heavy atom. The highest BCUT2D eigenvalue weighted by molar-refractivity contribution is 5.16. The molecule has 1 heterocycles. The first kappa shape index (κ1) is 13.1. The van der Waals surface area contributed by atoms with E-state index in [1.807, 2.05) is 0 Å². The zero-order valence-corrected chi connectivity index (χ0v) is 11.9. The van der Waals surface area contributed by atoms with Gasteiger partial charge in [-0.05, 0) is 24.8 Å². The Morgan fingerprint density at radius 1 is 1.05 bits per heavy atom. The molecule has 1 N–H and O–H groups in total. The molecule has 0 spiro atoms. The van der Waals surface area contributed by atoms with Crippen LogP contribution in [0.15, 0.2) is 30.3 Å². The van der Waals surface area contributed by atoms with Gasteiger partial charge in [0.25, 0.3) is 0 Å². The van der Waals surface area contributed by atoms with Crippen LogP contribution in [0.4, 0.5) is 0 Å². The van der Waals surface area contributed by atoms with Crippen LogP contribution >= 0.6 is 0 Å². The van der Waals surface area contributed by atoms with Gasteiger partial charge in [-0.25, -0.2) is 0 Å². The second-order valence-electron chi connectivity index (χ2n) is 6.13. The molecule has 1 atom stereocenters. The van der Waals surface area contributed by atoms with E-state index in [0.717, 1.165) is 12.6 Å². The predicted octanol–water partition coefficient (Wildman–Crippen LogP) is 2.84. The molecule has 0 bridgehead atoms. The lowest BCUT2D eigenvalue weighted by Crippen LogP contribution is -2.55. The lowest BCUT2D eigenvalue weighted by Gasteiger charge is -2.40. The van der Waals surface area contributed by atoms with E-state index in [4.69, 9.17) is 0 Å². The summed E-state index contributed by atoms with van der Waals surface area (Å²) < 4.78 is 0. The molecule has 2 fully saturated rings. The van der Waals surface area contributed by atoms with E-state index in [2.05, 4.69) is 40.5 Å². The quantitative estimate of drug-likeness (QED) is 0.897. The highest BCUT2D eigenvalue weighted by atomic mass is 15.2. The van der Waals surface area contributed by atoms with Crippen molar-refractivity contribution in [3.8, 4) is 0 Å². The molecule has 2 heteroatoms. The zero-order chi connectivity index (χ0) is 12.9. The number of rotatable bonds is 3. The van der Waals surface area contributed by atoms with Crippen LogP contribution in [0.1, 0.15) is 37.7 Å². The molecular formula is C17H26N2. The first-order chi connectivity index (χ1) is 9.42. The SMILES string of the molecule is c1ccc(CC2CN(C3CCCCC3)CCN2)cc1. The largest absolute Gasteiger partial charge is 0.311 e. The standard InChI is InChI=1S/C17H26N2/c1-3-7-15(8-4-1)13-16-14-19(12-11-18-16)17-9-5-2-6-10-17/h1,3-4,7-8,16-18H,2,5-6,9-14H2. The van der Waals surface area contributed by atoms with Gasteiger partial charge in [0.05, 0.1) is 0 Å². The lowest BCUT2D eigenvalue weighted by molar-refractivity contribution is 0.115. The third kappa shape index (κ3) is 3.58. The first-order valence-corrected chi connectivity index (χ1v) is 7.93. The summed E-state index contributed by atoms with van der Waals surface area (Å²) in [5, 5.41) is 3.69. The van der Waals surface area contributed by atoms with E-state index in [9.17, 15) is 0 Å². The van der Waals surface area contributed by atoms with E-state index in [1.54, 1.807) is 0 Å². The molecular weight excluding hydrogens is 232 g/mol. The fraction of sp³-hybridized carbons (Fsp3) is 0.647. The smallest absolute Gasteiger partial charge is 0.0236 e. The van der Waals surface area contributed by atoms with Crippen LogP contribution in [0.25, 0.3) is 0 Å². The Balaban J connectivity index is 1.55. The molecule has 1 aromatic rings. The van der Waals surface area contributed by atoms with Gasteiger partial charge in [-0.2, -0.15) is 0 Å². The van der Waals surface area contributed by atoms with Crippen molar-refractivity contribution in [3.63, 3.8) is 0 Å². The van der Waals surface area contributed by atoms with Gasteiger partial charge in [0.2, 0.25) is 0 Å². The van der Waals surface area contributed by atoms with Crippen molar-refractivity contribution in [2.24, 2.45) is 0 Å². The van der Waals surface area contributed by atoms with Crippen molar-refractivity contribution in [3.05, 3.63) is 35.9 Å². The van der Waals surface area contributed by atoms with Gasteiger partial charge in [-0.3, -0.25) is 4.90 Å². The number of nitrogens with one attached hydrogen (secondary N) is 1. The molecule has 0 radical (unpaired) electrons. The lowest BCUT2D eigenvalue weighted by atomic mass is 9.93. The van der Waals surface area contributed by atoms with Crippen LogP contribution < -0.4 is 5.32 Å². The fourth-order valence-corrected chi connectivity index (χ4v) is 3.66. The first-order valence-electron chi connectivity index (χ1n) is 7.93. The summed E-state index contributed by atoms with van der Waals surface area (Å²) in [7, 11) is 0. The molecule has 1 aliphatic carbocycles. The minimum absolute atomic E-state index is 0.637. The third-order valence-electron chi connectivity index (χ3n) is 4.70. The number of nitrogens with zero attached hydrogens (tertiary/aromatic N) is 1. The minimum atomic E-state index is 0.637. The monoisotopic (exact) mass is 258 g/mol. The molecule has 1 unspecified atom stereocenters. The van der Waals surface area contributed by atoms with Crippen molar-refractivity contribution in [1.29, 1.82) is 0 Å². The number of benzene rings is 1. The second kappa shape index (κ2) is 6.53. The Bertz CT molecular complexity index is 370. The average Bonchev–Trinajstić information content (AvgIpc) is 2.49. The van der Waals surface area contributed by atoms with E-state index in [0.29, 0.717) is 6.04 Å². The Hall–Kier alpha value is -0.860. The van der Waals surface area contributed by atoms with E-state index in [1.165, 1.54) is 57.2 Å². The van der Waals surface area contributed by atoms with Crippen molar-refractivity contribution in [2.45, 2.75) is 50.6 Å². The topological polar surface area (TPSA) is 15.3 Å². The van der Waals surface area contributed by atoms with Crippen LogP contribution in [0.3, 0.4) is 0 Å². The molecule has 1 aliphatic heterocycles. The average molecular weight is 258 g/mol. The van der Waals surface area contributed by atoms with Gasteiger partial charge in [-0.15, -0.1) is 0 Å². The van der Waals surface area contributed by atoms with Crippen LogP contribution in [0, 0.1) is 0 Å². The van der Waals surface area contributed by atoms with Gasteiger partial charge < -0.3 is 5.32 Å². The molecule has 2 nitrogen and oxygen atoms in total. The van der Waals surface area contributed by atoms with Crippen molar-refractivity contribution in [2.75, 3.05) is 19.6 Å². The van der Waals surface area contributed by atoms with Crippen molar-refractivity contribution < 1.29 is 0 Å². The Kier molecular flexibility index (Phi) is 4.52. The summed E-state index contributed by atoms with van der Waals surface area (Å²) in [6.45, 7) is 3.64. The second-order valence-corrected chi connectivity index (χ2v) is 6.13. The highest BCUT2D eigenvalue weighted by Gasteiger charge is 2.26. The van der Waals surface area contributed by atoms with Gasteiger partial charge in [-0.1, -0.05) is 49.6 Å². The normalized spacial score (nSPS) is 26.4.